The lowest BCUT2D eigenvalue weighted by atomic mass is 9.33. The highest BCUT2D eigenvalue weighted by Crippen LogP contribution is 2.47. The molecule has 2 aliphatic heterocycles. The van der Waals surface area contributed by atoms with E-state index in [2.05, 4.69) is 196 Å². The highest BCUT2D eigenvalue weighted by molar-refractivity contribution is 7.00. The van der Waals surface area contributed by atoms with Gasteiger partial charge < -0.3 is 18.8 Å². The van der Waals surface area contributed by atoms with E-state index in [1.165, 1.54) is 55.3 Å². The third-order valence-electron chi connectivity index (χ3n) is 11.3. The maximum Gasteiger partial charge on any atom is 0.252 e. The second-order valence-electron chi connectivity index (χ2n) is 14.1. The molecule has 2 aromatic heterocycles. The van der Waals surface area contributed by atoms with Crippen LogP contribution in [0.5, 0.6) is 0 Å². The molecule has 10 aromatic rings. The number of hydrogen-bond acceptors (Lipinski definition) is 3. The van der Waals surface area contributed by atoms with Gasteiger partial charge in [-0.15, -0.1) is 0 Å². The summed E-state index contributed by atoms with van der Waals surface area (Å²) in [7, 11) is 0. The van der Waals surface area contributed by atoms with E-state index in [1.807, 2.05) is 0 Å². The lowest BCUT2D eigenvalue weighted by Gasteiger charge is -2.41. The fraction of sp³-hybridized carbons (Fsp3) is 0. The van der Waals surface area contributed by atoms with Crippen LogP contribution >= 0.6 is 0 Å². The molecule has 4 heterocycles. The Kier molecular flexibility index (Phi) is 5.83. The van der Waals surface area contributed by atoms with Gasteiger partial charge in [0.1, 0.15) is 11.2 Å². The van der Waals surface area contributed by atoms with Crippen molar-refractivity contribution in [2.75, 3.05) is 9.80 Å². The molecule has 5 heteroatoms. The minimum atomic E-state index is 0.00415. The van der Waals surface area contributed by atoms with Crippen molar-refractivity contribution in [2.24, 2.45) is 0 Å². The first kappa shape index (κ1) is 28.7. The molecule has 2 aliphatic rings. The maximum atomic E-state index is 6.80. The van der Waals surface area contributed by atoms with Crippen molar-refractivity contribution in [3.63, 3.8) is 0 Å². The van der Waals surface area contributed by atoms with Gasteiger partial charge in [0.2, 0.25) is 0 Å². The molecule has 246 valence electrons. The van der Waals surface area contributed by atoms with E-state index < -0.39 is 0 Å². The summed E-state index contributed by atoms with van der Waals surface area (Å²) in [5, 5.41) is 4.68. The smallest absolute Gasteiger partial charge is 0.252 e. The Bertz CT molecular complexity index is 3040. The Hall–Kier alpha value is -6.98. The normalized spacial score (nSPS) is 12.8. The molecule has 0 aliphatic carbocycles. The van der Waals surface area contributed by atoms with Gasteiger partial charge >= 0.3 is 0 Å². The van der Waals surface area contributed by atoms with Crippen molar-refractivity contribution in [3.05, 3.63) is 182 Å². The van der Waals surface area contributed by atoms with E-state index in [0.717, 1.165) is 44.7 Å². The lowest BCUT2D eigenvalue weighted by Crippen LogP contribution is -2.60. The highest BCUT2D eigenvalue weighted by atomic mass is 16.3. The van der Waals surface area contributed by atoms with E-state index in [9.17, 15) is 0 Å². The number of fused-ring (bicyclic) bond motifs is 11. The van der Waals surface area contributed by atoms with E-state index >= 15 is 0 Å². The van der Waals surface area contributed by atoms with Gasteiger partial charge in [-0.2, -0.15) is 0 Å². The third kappa shape index (κ3) is 3.91. The van der Waals surface area contributed by atoms with E-state index in [-0.39, 0.29) is 6.71 Å². The summed E-state index contributed by atoms with van der Waals surface area (Å²) in [5.41, 5.74) is 16.1. The van der Waals surface area contributed by atoms with E-state index in [4.69, 9.17) is 4.42 Å². The SMILES string of the molecule is c1ccc(N(c2ccccc2)c2cc3c4c(c2)-n2c5ccccc5c5c6oc7ccccc7c6cc(c52)B4c2ccccc2N3c2ccccc2)cc1. The second kappa shape index (κ2) is 10.8. The highest BCUT2D eigenvalue weighted by Gasteiger charge is 2.43. The van der Waals surface area contributed by atoms with Crippen molar-refractivity contribution < 1.29 is 4.42 Å². The van der Waals surface area contributed by atoms with Crippen LogP contribution in [-0.4, -0.2) is 11.3 Å². The Morgan fingerprint density at radius 1 is 0.472 bits per heavy atom. The first-order valence-electron chi connectivity index (χ1n) is 18.2. The van der Waals surface area contributed by atoms with Crippen LogP contribution in [-0.2, 0) is 0 Å². The van der Waals surface area contributed by atoms with Crippen molar-refractivity contribution in [1.82, 2.24) is 4.57 Å². The molecule has 0 saturated heterocycles. The first-order valence-corrected chi connectivity index (χ1v) is 18.2. The number of hydrogen-bond donors (Lipinski definition) is 0. The summed E-state index contributed by atoms with van der Waals surface area (Å²) < 4.78 is 9.32. The summed E-state index contributed by atoms with van der Waals surface area (Å²) in [6.45, 7) is 0.00415. The van der Waals surface area contributed by atoms with Crippen LogP contribution < -0.4 is 26.2 Å². The van der Waals surface area contributed by atoms with Gasteiger partial charge in [0, 0.05) is 50.3 Å². The second-order valence-corrected chi connectivity index (χ2v) is 14.1. The molecule has 0 atom stereocenters. The van der Waals surface area contributed by atoms with Gasteiger partial charge in [0.05, 0.1) is 22.1 Å². The molecule has 0 amide bonds. The summed E-state index contributed by atoms with van der Waals surface area (Å²) in [5.74, 6) is 0. The lowest BCUT2D eigenvalue weighted by molar-refractivity contribution is 0.673. The molecule has 0 radical (unpaired) electrons. The largest absolute Gasteiger partial charge is 0.455 e. The third-order valence-corrected chi connectivity index (χ3v) is 11.3. The Labute approximate surface area is 306 Å². The standard InChI is InChI=1S/C48H30BN3O/c1-4-16-31(17-5-1)50(32-18-6-2-7-19-32)34-28-42-46-43(29-34)52-40-25-13-10-23-36(40)45-47(52)39(30-37-35-22-11-15-27-44(35)53-48(37)45)49(46)38-24-12-14-26-41(38)51(42)33-20-8-3-9-21-33/h1-30H. The molecule has 12 rings (SSSR count). The van der Waals surface area contributed by atoms with Crippen molar-refractivity contribution in [2.45, 2.75) is 0 Å². The van der Waals surface area contributed by atoms with Crippen molar-refractivity contribution in [1.29, 1.82) is 0 Å². The average Bonchev–Trinajstić information content (AvgIpc) is 3.77. The summed E-state index contributed by atoms with van der Waals surface area (Å²) in [6, 6.07) is 65.8. The van der Waals surface area contributed by atoms with Crippen molar-refractivity contribution in [3.8, 4) is 5.69 Å². The fourth-order valence-electron chi connectivity index (χ4n) is 9.24. The molecule has 0 bridgehead atoms. The molecule has 0 spiro atoms. The zero-order valence-electron chi connectivity index (χ0n) is 28.6. The molecule has 53 heavy (non-hydrogen) atoms. The molecular weight excluding hydrogens is 645 g/mol. The number of rotatable bonds is 4. The van der Waals surface area contributed by atoms with Crippen molar-refractivity contribution >= 4 is 101 Å². The van der Waals surface area contributed by atoms with Crippen LogP contribution in [0.15, 0.2) is 186 Å². The quantitative estimate of drug-likeness (QED) is 0.174. The monoisotopic (exact) mass is 675 g/mol. The molecule has 4 nitrogen and oxygen atoms in total. The predicted molar refractivity (Wildman–Crippen MR) is 222 cm³/mol. The van der Waals surface area contributed by atoms with Gasteiger partial charge in [-0.1, -0.05) is 115 Å². The van der Waals surface area contributed by atoms with Crippen LogP contribution in [0.25, 0.3) is 49.4 Å². The average molecular weight is 676 g/mol. The zero-order chi connectivity index (χ0) is 34.6. The van der Waals surface area contributed by atoms with Crippen LogP contribution in [0, 0.1) is 0 Å². The minimum Gasteiger partial charge on any atom is -0.455 e. The van der Waals surface area contributed by atoms with Gasteiger partial charge in [0.25, 0.3) is 6.71 Å². The molecule has 8 aromatic carbocycles. The number of anilines is 6. The number of furan rings is 1. The Morgan fingerprint density at radius 3 is 1.87 bits per heavy atom. The van der Waals surface area contributed by atoms with Crippen LogP contribution in [0.2, 0.25) is 0 Å². The van der Waals surface area contributed by atoms with Gasteiger partial charge in [-0.25, -0.2) is 0 Å². The van der Waals surface area contributed by atoms with E-state index in [0.29, 0.717) is 0 Å². The molecule has 0 saturated carbocycles. The molecule has 0 unspecified atom stereocenters. The van der Waals surface area contributed by atoms with Gasteiger partial charge in [-0.05, 0) is 83.1 Å². The van der Waals surface area contributed by atoms with Gasteiger partial charge in [-0.3, -0.25) is 0 Å². The number of para-hydroxylation sites is 6. The summed E-state index contributed by atoms with van der Waals surface area (Å²) in [6.07, 6.45) is 0. The Balaban J connectivity index is 1.29. The molecule has 0 N–H and O–H groups in total. The first-order chi connectivity index (χ1) is 26.3. The van der Waals surface area contributed by atoms with Crippen LogP contribution in [0.1, 0.15) is 0 Å². The predicted octanol–water partition coefficient (Wildman–Crippen LogP) is 10.8. The molecule has 0 fully saturated rings. The summed E-state index contributed by atoms with van der Waals surface area (Å²) in [4.78, 5) is 4.86. The van der Waals surface area contributed by atoms with E-state index in [1.54, 1.807) is 0 Å². The minimum absolute atomic E-state index is 0.00415. The molecular formula is C48H30BN3O. The number of aromatic nitrogens is 1. The maximum absolute atomic E-state index is 6.80. The summed E-state index contributed by atoms with van der Waals surface area (Å²) >= 11 is 0. The van der Waals surface area contributed by atoms with Gasteiger partial charge in [0.15, 0.2) is 0 Å². The fourth-order valence-corrected chi connectivity index (χ4v) is 9.24. The topological polar surface area (TPSA) is 24.6 Å². The van der Waals surface area contributed by atoms with Crippen LogP contribution in [0.4, 0.5) is 34.1 Å². The number of nitrogens with zero attached hydrogens (tertiary/aromatic N) is 3. The Morgan fingerprint density at radius 2 is 1.09 bits per heavy atom. The van der Waals surface area contributed by atoms with Crippen LogP contribution in [0.3, 0.4) is 0 Å². The zero-order valence-corrected chi connectivity index (χ0v) is 28.6. The number of benzene rings is 8.